The molecule has 2 aromatic carbocycles. The molecule has 0 fully saturated rings. The van der Waals surface area contributed by atoms with Crippen molar-refractivity contribution in [2.24, 2.45) is 0 Å². The number of aryl methyl sites for hydroxylation is 2. The maximum Gasteiger partial charge on any atom is 0.120 e. The molecule has 0 unspecified atom stereocenters. The van der Waals surface area contributed by atoms with Crippen molar-refractivity contribution >= 4 is 23.2 Å². The minimum absolute atomic E-state index is 0.639. The molecule has 0 aliphatic heterocycles. The Hall–Kier alpha value is -2.23. The smallest absolute Gasteiger partial charge is 0.120 e. The number of benzene rings is 2. The Bertz CT molecular complexity index is 817. The number of aromatic nitrogens is 1. The number of halogens is 2. The first-order valence-corrected chi connectivity index (χ1v) is 10.2. The highest BCUT2D eigenvalue weighted by Gasteiger charge is 2.01. The molecule has 3 aromatic rings. The molecule has 0 bridgehead atoms. The van der Waals surface area contributed by atoms with Crippen LogP contribution in [0.5, 0.6) is 11.5 Å². The van der Waals surface area contributed by atoms with Gasteiger partial charge in [0.1, 0.15) is 11.5 Å². The van der Waals surface area contributed by atoms with Gasteiger partial charge >= 0.3 is 0 Å². The lowest BCUT2D eigenvalue weighted by Crippen LogP contribution is -2.03. The van der Waals surface area contributed by atoms with Gasteiger partial charge in [0.15, 0.2) is 0 Å². The Labute approximate surface area is 176 Å². The zero-order valence-electron chi connectivity index (χ0n) is 15.6. The molecule has 5 heteroatoms. The van der Waals surface area contributed by atoms with Crippen LogP contribution in [0.2, 0.25) is 10.0 Å². The second-order valence-corrected chi connectivity index (χ2v) is 7.31. The summed E-state index contributed by atoms with van der Waals surface area (Å²) < 4.78 is 11.5. The van der Waals surface area contributed by atoms with E-state index in [4.69, 9.17) is 37.7 Å². The normalized spacial score (nSPS) is 10.6. The summed E-state index contributed by atoms with van der Waals surface area (Å²) in [5.41, 5.74) is 2.17. The quantitative estimate of drug-likeness (QED) is 0.358. The maximum absolute atomic E-state index is 5.96. The summed E-state index contributed by atoms with van der Waals surface area (Å²) >= 11 is 11.9. The third-order valence-electron chi connectivity index (χ3n) is 4.15. The minimum Gasteiger partial charge on any atom is -0.494 e. The van der Waals surface area contributed by atoms with E-state index < -0.39 is 0 Å². The largest absolute Gasteiger partial charge is 0.494 e. The van der Waals surface area contributed by atoms with Crippen LogP contribution in [0.3, 0.4) is 0 Å². The number of pyridine rings is 1. The second kappa shape index (κ2) is 10.9. The molecule has 0 aliphatic carbocycles. The molecule has 0 saturated carbocycles. The highest BCUT2D eigenvalue weighted by atomic mass is 35.5. The van der Waals surface area contributed by atoms with Crippen LogP contribution in [0.4, 0.5) is 0 Å². The minimum atomic E-state index is 0.639. The highest BCUT2D eigenvalue weighted by Crippen LogP contribution is 2.18. The SMILES string of the molecule is Clc1cccc(OCCCc2cccc(CCCOc3cccc(Cl)c3)n2)c1. The van der Waals surface area contributed by atoms with Crippen LogP contribution in [0, 0.1) is 0 Å². The summed E-state index contributed by atoms with van der Waals surface area (Å²) in [6, 6.07) is 21.1. The molecule has 3 nitrogen and oxygen atoms in total. The lowest BCUT2D eigenvalue weighted by atomic mass is 10.1. The van der Waals surface area contributed by atoms with E-state index in [0.717, 1.165) is 48.6 Å². The fraction of sp³-hybridized carbons (Fsp3) is 0.261. The lowest BCUT2D eigenvalue weighted by molar-refractivity contribution is 0.309. The van der Waals surface area contributed by atoms with E-state index in [-0.39, 0.29) is 0 Å². The van der Waals surface area contributed by atoms with Crippen LogP contribution in [0.25, 0.3) is 0 Å². The molecule has 0 spiro atoms. The van der Waals surface area contributed by atoms with Crippen molar-refractivity contribution in [1.82, 2.24) is 4.98 Å². The Morgan fingerprint density at radius 2 is 1.11 bits per heavy atom. The molecular weight excluding hydrogens is 393 g/mol. The van der Waals surface area contributed by atoms with E-state index >= 15 is 0 Å². The van der Waals surface area contributed by atoms with Gasteiger partial charge in [-0.25, -0.2) is 0 Å². The summed E-state index contributed by atoms with van der Waals surface area (Å²) in [5, 5.41) is 1.37. The molecule has 1 heterocycles. The molecule has 3 rings (SSSR count). The van der Waals surface area contributed by atoms with Crippen LogP contribution in [-0.4, -0.2) is 18.2 Å². The van der Waals surface area contributed by atoms with Crippen LogP contribution < -0.4 is 9.47 Å². The van der Waals surface area contributed by atoms with E-state index in [1.54, 1.807) is 0 Å². The van der Waals surface area contributed by atoms with Gasteiger partial charge in [0.05, 0.1) is 13.2 Å². The molecule has 0 aliphatic rings. The predicted molar refractivity (Wildman–Crippen MR) is 115 cm³/mol. The summed E-state index contributed by atoms with van der Waals surface area (Å²) in [6.07, 6.45) is 3.57. The zero-order chi connectivity index (χ0) is 19.6. The standard InChI is InChI=1S/C23H23Cl2NO2/c24-18-6-1-12-22(16-18)27-14-4-10-20-8-3-9-21(26-20)11-5-15-28-23-13-2-7-19(25)17-23/h1-3,6-9,12-13,16-17H,4-5,10-11,14-15H2. The van der Waals surface area contributed by atoms with Gasteiger partial charge in [-0.1, -0.05) is 41.4 Å². The highest BCUT2D eigenvalue weighted by molar-refractivity contribution is 6.31. The van der Waals surface area contributed by atoms with Gasteiger partial charge in [0, 0.05) is 21.4 Å². The van der Waals surface area contributed by atoms with E-state index in [1.165, 1.54) is 0 Å². The first-order valence-electron chi connectivity index (χ1n) is 9.40. The van der Waals surface area contributed by atoms with Gasteiger partial charge in [-0.2, -0.15) is 0 Å². The zero-order valence-corrected chi connectivity index (χ0v) is 17.1. The Morgan fingerprint density at radius 3 is 1.57 bits per heavy atom. The van der Waals surface area contributed by atoms with Crippen molar-refractivity contribution in [1.29, 1.82) is 0 Å². The Balaban J connectivity index is 1.37. The number of hydrogen-bond acceptors (Lipinski definition) is 3. The van der Waals surface area contributed by atoms with Gasteiger partial charge in [0.2, 0.25) is 0 Å². The molecule has 0 amide bonds. The number of rotatable bonds is 10. The molecule has 0 atom stereocenters. The molecule has 1 aromatic heterocycles. The Morgan fingerprint density at radius 1 is 0.643 bits per heavy atom. The summed E-state index contributed by atoms with van der Waals surface area (Å²) in [4.78, 5) is 4.74. The summed E-state index contributed by atoms with van der Waals surface area (Å²) in [6.45, 7) is 1.28. The molecule has 28 heavy (non-hydrogen) atoms. The topological polar surface area (TPSA) is 31.4 Å². The number of ether oxygens (including phenoxy) is 2. The third-order valence-corrected chi connectivity index (χ3v) is 4.62. The third kappa shape index (κ3) is 7.06. The van der Waals surface area contributed by atoms with E-state index in [1.807, 2.05) is 48.5 Å². The first kappa shape index (κ1) is 20.5. The molecule has 146 valence electrons. The fourth-order valence-electron chi connectivity index (χ4n) is 2.81. The first-order chi connectivity index (χ1) is 13.7. The predicted octanol–water partition coefficient (Wildman–Crippen LogP) is 6.41. The molecule has 0 saturated heterocycles. The van der Waals surface area contributed by atoms with Crippen molar-refractivity contribution in [2.45, 2.75) is 25.7 Å². The van der Waals surface area contributed by atoms with Crippen molar-refractivity contribution in [3.8, 4) is 11.5 Å². The van der Waals surface area contributed by atoms with Crippen molar-refractivity contribution in [3.05, 3.63) is 88.2 Å². The average Bonchev–Trinajstić information content (AvgIpc) is 2.69. The van der Waals surface area contributed by atoms with Crippen LogP contribution in [0.15, 0.2) is 66.7 Å². The maximum atomic E-state index is 5.96. The number of hydrogen-bond donors (Lipinski definition) is 0. The van der Waals surface area contributed by atoms with Crippen molar-refractivity contribution in [2.75, 3.05) is 13.2 Å². The fourth-order valence-corrected chi connectivity index (χ4v) is 3.17. The monoisotopic (exact) mass is 415 g/mol. The molecular formula is C23H23Cl2NO2. The molecule has 0 radical (unpaired) electrons. The average molecular weight is 416 g/mol. The summed E-state index contributed by atoms with van der Waals surface area (Å²) in [7, 11) is 0. The van der Waals surface area contributed by atoms with Crippen molar-refractivity contribution < 1.29 is 9.47 Å². The van der Waals surface area contributed by atoms with Crippen LogP contribution in [0.1, 0.15) is 24.2 Å². The number of nitrogens with zero attached hydrogens (tertiary/aromatic N) is 1. The lowest BCUT2D eigenvalue weighted by Gasteiger charge is -2.08. The Kier molecular flexibility index (Phi) is 8.01. The van der Waals surface area contributed by atoms with Crippen molar-refractivity contribution in [3.63, 3.8) is 0 Å². The van der Waals surface area contributed by atoms with Gasteiger partial charge in [-0.3, -0.25) is 4.98 Å². The van der Waals surface area contributed by atoms with Crippen LogP contribution in [-0.2, 0) is 12.8 Å². The van der Waals surface area contributed by atoms with E-state index in [9.17, 15) is 0 Å². The van der Waals surface area contributed by atoms with E-state index in [0.29, 0.717) is 23.3 Å². The van der Waals surface area contributed by atoms with Gasteiger partial charge in [-0.05, 0) is 74.2 Å². The van der Waals surface area contributed by atoms with Crippen LogP contribution >= 0.6 is 23.2 Å². The second-order valence-electron chi connectivity index (χ2n) is 6.44. The summed E-state index contributed by atoms with van der Waals surface area (Å²) in [5.74, 6) is 1.60. The van der Waals surface area contributed by atoms with Gasteiger partial charge < -0.3 is 9.47 Å². The van der Waals surface area contributed by atoms with Gasteiger partial charge in [0.25, 0.3) is 0 Å². The van der Waals surface area contributed by atoms with Gasteiger partial charge in [-0.15, -0.1) is 0 Å². The van der Waals surface area contributed by atoms with E-state index in [2.05, 4.69) is 18.2 Å². The molecule has 0 N–H and O–H groups in total.